The molecule has 7 nitrogen and oxygen atoms in total. The number of fused-ring (bicyclic) bond motifs is 1. The van der Waals surface area contributed by atoms with Gasteiger partial charge in [-0.3, -0.25) is 9.48 Å². The molecule has 0 spiro atoms. The summed E-state index contributed by atoms with van der Waals surface area (Å²) >= 11 is 2.42. The van der Waals surface area contributed by atoms with E-state index in [1.165, 1.54) is 34.6 Å². The first-order chi connectivity index (χ1) is 16.7. The minimum Gasteiger partial charge on any atom is -0.472 e. The summed E-state index contributed by atoms with van der Waals surface area (Å²) in [4.78, 5) is 17.2. The van der Waals surface area contributed by atoms with Gasteiger partial charge in [0.05, 0.1) is 18.5 Å². The standard InChI is InChI=1S/C27H33IN4O3/c1-15-12-21(18(13-20(15)28)16-6-7-16)29-23-11-10-22-24(30-23)25(31-32(22)4)35-17-8-9-19(26(33)34-5)27(2,3)14-17/h10-13,16-17,19H,6-9,14H2,1-5H3,(H,29,30). The molecule has 0 saturated heterocycles. The van der Waals surface area contributed by atoms with Gasteiger partial charge in [-0.2, -0.15) is 0 Å². The number of aryl methyl sites for hydroxylation is 2. The number of nitrogens with zero attached hydrogens (tertiary/aromatic N) is 3. The Hall–Kier alpha value is -2.36. The molecule has 2 heterocycles. The number of esters is 1. The Labute approximate surface area is 220 Å². The number of halogens is 1. The van der Waals surface area contributed by atoms with E-state index in [4.69, 9.17) is 14.5 Å². The average Bonchev–Trinajstić information content (AvgIpc) is 3.60. The van der Waals surface area contributed by atoms with Crippen LogP contribution in [-0.2, 0) is 16.6 Å². The summed E-state index contributed by atoms with van der Waals surface area (Å²) in [5.74, 6) is 1.72. The molecule has 0 radical (unpaired) electrons. The van der Waals surface area contributed by atoms with Crippen LogP contribution in [0, 0.1) is 21.8 Å². The third-order valence-electron chi connectivity index (χ3n) is 7.52. The van der Waals surface area contributed by atoms with E-state index >= 15 is 0 Å². The molecule has 8 heteroatoms. The zero-order chi connectivity index (χ0) is 24.9. The molecular formula is C27H33IN4O3. The molecule has 2 aliphatic carbocycles. The summed E-state index contributed by atoms with van der Waals surface area (Å²) in [6, 6.07) is 8.57. The third-order valence-corrected chi connectivity index (χ3v) is 8.68. The van der Waals surface area contributed by atoms with Gasteiger partial charge in [0.25, 0.3) is 5.88 Å². The van der Waals surface area contributed by atoms with E-state index in [0.29, 0.717) is 11.8 Å². The van der Waals surface area contributed by atoms with Crippen molar-refractivity contribution in [1.82, 2.24) is 14.8 Å². The zero-order valence-corrected chi connectivity index (χ0v) is 23.2. The van der Waals surface area contributed by atoms with Crippen LogP contribution in [0.4, 0.5) is 11.5 Å². The zero-order valence-electron chi connectivity index (χ0n) is 21.0. The number of anilines is 2. The van der Waals surface area contributed by atoms with Crippen LogP contribution in [0.1, 0.15) is 63.0 Å². The van der Waals surface area contributed by atoms with Crippen LogP contribution in [0.3, 0.4) is 0 Å². The third kappa shape index (κ3) is 4.86. The second-order valence-corrected chi connectivity index (χ2v) is 11.8. The van der Waals surface area contributed by atoms with E-state index in [0.717, 1.165) is 41.8 Å². The van der Waals surface area contributed by atoms with E-state index < -0.39 is 0 Å². The Bertz CT molecular complexity index is 1280. The monoisotopic (exact) mass is 588 g/mol. The summed E-state index contributed by atoms with van der Waals surface area (Å²) in [6.07, 6.45) is 4.75. The Morgan fingerprint density at radius 1 is 1.20 bits per heavy atom. The lowest BCUT2D eigenvalue weighted by Crippen LogP contribution is -2.41. The van der Waals surface area contributed by atoms with E-state index in [1.807, 2.05) is 23.9 Å². The fraction of sp³-hybridized carbons (Fsp3) is 0.519. The quantitative estimate of drug-likeness (QED) is 0.271. The summed E-state index contributed by atoms with van der Waals surface area (Å²) in [6.45, 7) is 6.37. The highest BCUT2D eigenvalue weighted by Gasteiger charge is 2.42. The number of ether oxygens (including phenoxy) is 2. The maximum Gasteiger partial charge on any atom is 0.309 e. The van der Waals surface area contributed by atoms with Crippen molar-refractivity contribution in [3.8, 4) is 5.88 Å². The van der Waals surface area contributed by atoms with Crippen LogP contribution in [0.2, 0.25) is 0 Å². The Kier molecular flexibility index (Phi) is 6.44. The lowest BCUT2D eigenvalue weighted by atomic mass is 9.68. The van der Waals surface area contributed by atoms with Gasteiger partial charge in [0.1, 0.15) is 11.9 Å². The maximum atomic E-state index is 12.2. The summed E-state index contributed by atoms with van der Waals surface area (Å²) in [7, 11) is 3.37. The van der Waals surface area contributed by atoms with Crippen LogP contribution in [0.25, 0.3) is 11.0 Å². The number of aromatic nitrogens is 3. The normalized spacial score (nSPS) is 21.7. The Balaban J connectivity index is 1.40. The molecule has 35 heavy (non-hydrogen) atoms. The largest absolute Gasteiger partial charge is 0.472 e. The number of pyridine rings is 1. The summed E-state index contributed by atoms with van der Waals surface area (Å²) in [5.41, 5.74) is 5.23. The van der Waals surface area contributed by atoms with E-state index in [-0.39, 0.29) is 23.4 Å². The second kappa shape index (κ2) is 9.26. The molecule has 0 bridgehead atoms. The minimum absolute atomic E-state index is 0.0252. The molecule has 2 aliphatic rings. The Morgan fingerprint density at radius 3 is 2.66 bits per heavy atom. The number of hydrogen-bond donors (Lipinski definition) is 1. The van der Waals surface area contributed by atoms with Crippen molar-refractivity contribution in [3.05, 3.63) is 39.0 Å². The summed E-state index contributed by atoms with van der Waals surface area (Å²) < 4.78 is 14.6. The van der Waals surface area contributed by atoms with Crippen LogP contribution >= 0.6 is 22.6 Å². The minimum atomic E-state index is -0.206. The smallest absolute Gasteiger partial charge is 0.309 e. The number of methoxy groups -OCH3 is 1. The van der Waals surface area contributed by atoms with Gasteiger partial charge in [-0.25, -0.2) is 4.98 Å². The topological polar surface area (TPSA) is 78.3 Å². The lowest BCUT2D eigenvalue weighted by Gasteiger charge is -2.40. The molecule has 186 valence electrons. The maximum absolute atomic E-state index is 12.2. The van der Waals surface area contributed by atoms with Gasteiger partial charge in [-0.05, 0) is 108 Å². The van der Waals surface area contributed by atoms with Crippen molar-refractivity contribution in [3.63, 3.8) is 0 Å². The van der Waals surface area contributed by atoms with Crippen molar-refractivity contribution in [1.29, 1.82) is 0 Å². The molecule has 0 aliphatic heterocycles. The number of rotatable bonds is 6. The van der Waals surface area contributed by atoms with Crippen LogP contribution in [0.5, 0.6) is 5.88 Å². The molecule has 0 amide bonds. The fourth-order valence-electron chi connectivity index (χ4n) is 5.34. The predicted octanol–water partition coefficient (Wildman–Crippen LogP) is 6.25. The van der Waals surface area contributed by atoms with Crippen molar-refractivity contribution in [2.75, 3.05) is 12.4 Å². The molecule has 3 aromatic rings. The molecule has 5 rings (SSSR count). The lowest BCUT2D eigenvalue weighted by molar-refractivity contribution is -0.152. The molecule has 2 atom stereocenters. The first-order valence-electron chi connectivity index (χ1n) is 12.3. The molecule has 1 aromatic carbocycles. The van der Waals surface area contributed by atoms with Crippen LogP contribution < -0.4 is 10.1 Å². The Morgan fingerprint density at radius 2 is 1.97 bits per heavy atom. The molecule has 2 unspecified atom stereocenters. The van der Waals surface area contributed by atoms with Gasteiger partial charge in [0.2, 0.25) is 0 Å². The number of carbonyl (C=O) groups excluding carboxylic acids is 1. The first kappa shape index (κ1) is 24.3. The average molecular weight is 588 g/mol. The van der Waals surface area contributed by atoms with E-state index in [9.17, 15) is 4.79 Å². The number of nitrogens with one attached hydrogen (secondary N) is 1. The van der Waals surface area contributed by atoms with E-state index in [1.54, 1.807) is 0 Å². The van der Waals surface area contributed by atoms with E-state index in [2.05, 4.69) is 65.9 Å². The number of carbonyl (C=O) groups is 1. The highest BCUT2D eigenvalue weighted by atomic mass is 127. The van der Waals surface area contributed by atoms with Crippen molar-refractivity contribution in [2.45, 2.75) is 64.9 Å². The van der Waals surface area contributed by atoms with Crippen molar-refractivity contribution >= 4 is 51.1 Å². The molecule has 2 saturated carbocycles. The highest BCUT2D eigenvalue weighted by molar-refractivity contribution is 14.1. The first-order valence-corrected chi connectivity index (χ1v) is 13.4. The fourth-order valence-corrected chi connectivity index (χ4v) is 5.84. The molecule has 2 aromatic heterocycles. The highest BCUT2D eigenvalue weighted by Crippen LogP contribution is 2.45. The van der Waals surface area contributed by atoms with Gasteiger partial charge in [0, 0.05) is 16.3 Å². The van der Waals surface area contributed by atoms with Gasteiger partial charge in [-0.1, -0.05) is 13.8 Å². The molecular weight excluding hydrogens is 555 g/mol. The van der Waals surface area contributed by atoms with Gasteiger partial charge in [-0.15, -0.1) is 5.10 Å². The van der Waals surface area contributed by atoms with Crippen molar-refractivity contribution < 1.29 is 14.3 Å². The number of benzene rings is 1. The summed E-state index contributed by atoms with van der Waals surface area (Å²) in [5, 5.41) is 8.22. The van der Waals surface area contributed by atoms with Crippen molar-refractivity contribution in [2.24, 2.45) is 18.4 Å². The number of hydrogen-bond acceptors (Lipinski definition) is 6. The second-order valence-electron chi connectivity index (χ2n) is 10.7. The van der Waals surface area contributed by atoms with Gasteiger partial charge < -0.3 is 14.8 Å². The van der Waals surface area contributed by atoms with Crippen LogP contribution in [0.15, 0.2) is 24.3 Å². The van der Waals surface area contributed by atoms with Crippen LogP contribution in [-0.4, -0.2) is 33.9 Å². The predicted molar refractivity (Wildman–Crippen MR) is 145 cm³/mol. The molecule has 2 fully saturated rings. The van der Waals surface area contributed by atoms with Gasteiger partial charge >= 0.3 is 5.97 Å². The molecule has 1 N–H and O–H groups in total. The SMILES string of the molecule is COC(=O)C1CCC(Oc2nn(C)c3ccc(Nc4cc(C)c(I)cc4C4CC4)nc23)CC1(C)C. The van der Waals surface area contributed by atoms with Gasteiger partial charge in [0.15, 0.2) is 5.52 Å².